The predicted molar refractivity (Wildman–Crippen MR) is 133 cm³/mol. The Morgan fingerprint density at radius 2 is 1.71 bits per heavy atom. The molecule has 8 nitrogen and oxygen atoms in total. The monoisotopic (exact) mass is 471 g/mol. The normalized spacial score (nSPS) is 20.3. The number of carbonyl (C=O) groups excluding carboxylic acids is 3. The Kier molecular flexibility index (Phi) is 6.13. The summed E-state index contributed by atoms with van der Waals surface area (Å²) in [5.74, 6) is -0.222. The first kappa shape index (κ1) is 22.9. The van der Waals surface area contributed by atoms with Crippen LogP contribution in [0, 0.1) is 0 Å². The van der Waals surface area contributed by atoms with E-state index in [1.165, 1.54) is 5.01 Å². The summed E-state index contributed by atoms with van der Waals surface area (Å²) >= 11 is 0. The lowest BCUT2D eigenvalue weighted by atomic mass is 9.99. The van der Waals surface area contributed by atoms with Gasteiger partial charge in [0.2, 0.25) is 11.8 Å². The zero-order chi connectivity index (χ0) is 24.5. The van der Waals surface area contributed by atoms with Crippen LogP contribution in [-0.4, -0.2) is 77.1 Å². The van der Waals surface area contributed by atoms with Crippen molar-refractivity contribution in [1.82, 2.24) is 25.1 Å². The van der Waals surface area contributed by atoms with Crippen LogP contribution in [0.15, 0.2) is 72.8 Å². The van der Waals surface area contributed by atoms with Crippen LogP contribution in [-0.2, 0) is 22.6 Å². The van der Waals surface area contributed by atoms with Gasteiger partial charge in [0.1, 0.15) is 12.2 Å². The van der Waals surface area contributed by atoms with Crippen molar-refractivity contribution < 1.29 is 14.4 Å². The van der Waals surface area contributed by atoms with E-state index >= 15 is 0 Å². The van der Waals surface area contributed by atoms with E-state index in [0.717, 1.165) is 21.9 Å². The molecule has 5 rings (SSSR count). The van der Waals surface area contributed by atoms with Crippen molar-refractivity contribution in [2.24, 2.45) is 0 Å². The maximum atomic E-state index is 13.8. The number of hydrogen-bond acceptors (Lipinski definition) is 4. The second-order valence-corrected chi connectivity index (χ2v) is 9.02. The van der Waals surface area contributed by atoms with Crippen LogP contribution in [0.25, 0.3) is 10.8 Å². The lowest BCUT2D eigenvalue weighted by Crippen LogP contribution is -2.65. The summed E-state index contributed by atoms with van der Waals surface area (Å²) in [4.78, 5) is 42.9. The second-order valence-electron chi connectivity index (χ2n) is 9.02. The summed E-state index contributed by atoms with van der Waals surface area (Å²) in [7, 11) is 3.21. The Hall–Kier alpha value is -3.91. The first-order valence-electron chi connectivity index (χ1n) is 11.8. The van der Waals surface area contributed by atoms with Gasteiger partial charge in [0.15, 0.2) is 0 Å². The fraction of sp³-hybridized carbons (Fsp3) is 0.296. The minimum absolute atomic E-state index is 0.0509. The van der Waals surface area contributed by atoms with Gasteiger partial charge in [-0.05, 0) is 21.9 Å². The van der Waals surface area contributed by atoms with Gasteiger partial charge in [0.25, 0.3) is 0 Å². The Balaban J connectivity index is 1.51. The molecule has 4 amide bonds. The van der Waals surface area contributed by atoms with Crippen molar-refractivity contribution >= 4 is 28.6 Å². The van der Waals surface area contributed by atoms with E-state index in [1.54, 1.807) is 24.0 Å². The van der Waals surface area contributed by atoms with Crippen LogP contribution in [0.4, 0.5) is 4.79 Å². The van der Waals surface area contributed by atoms with Crippen molar-refractivity contribution in [3.63, 3.8) is 0 Å². The number of fused-ring (bicyclic) bond motifs is 2. The van der Waals surface area contributed by atoms with E-state index in [1.807, 2.05) is 59.5 Å². The number of rotatable bonds is 5. The summed E-state index contributed by atoms with van der Waals surface area (Å²) in [6.45, 7) is 0.803. The van der Waals surface area contributed by atoms with Gasteiger partial charge >= 0.3 is 6.03 Å². The maximum absolute atomic E-state index is 13.8. The minimum Gasteiger partial charge on any atom is -0.340 e. The lowest BCUT2D eigenvalue weighted by Gasteiger charge is -2.45. The average Bonchev–Trinajstić information content (AvgIpc) is 3.22. The predicted octanol–water partition coefficient (Wildman–Crippen LogP) is 2.45. The molecule has 2 heterocycles. The molecule has 3 aromatic rings. The number of hydrazine groups is 1. The molecule has 0 spiro atoms. The summed E-state index contributed by atoms with van der Waals surface area (Å²) in [6.07, 6.45) is -0.00272. The molecule has 0 radical (unpaired) electrons. The molecule has 0 saturated carbocycles. The molecule has 1 N–H and O–H groups in total. The molecule has 3 aromatic carbocycles. The van der Waals surface area contributed by atoms with Crippen LogP contribution in [0.2, 0.25) is 0 Å². The zero-order valence-corrected chi connectivity index (χ0v) is 19.9. The number of amides is 4. The Morgan fingerprint density at radius 1 is 1.00 bits per heavy atom. The van der Waals surface area contributed by atoms with Gasteiger partial charge in [0.05, 0.1) is 13.1 Å². The smallest absolute Gasteiger partial charge is 0.331 e. The van der Waals surface area contributed by atoms with Gasteiger partial charge in [0, 0.05) is 27.1 Å². The van der Waals surface area contributed by atoms with Crippen molar-refractivity contribution in [2.45, 2.75) is 25.2 Å². The quantitative estimate of drug-likeness (QED) is 0.620. The number of urea groups is 1. The van der Waals surface area contributed by atoms with Crippen molar-refractivity contribution in [3.05, 3.63) is 83.9 Å². The van der Waals surface area contributed by atoms with Gasteiger partial charge in [-0.15, -0.1) is 0 Å². The molecule has 35 heavy (non-hydrogen) atoms. The fourth-order valence-electron chi connectivity index (χ4n) is 5.20. The number of nitrogens with zero attached hydrogens (tertiary/aromatic N) is 4. The van der Waals surface area contributed by atoms with Crippen molar-refractivity contribution in [3.8, 4) is 0 Å². The fourth-order valence-corrected chi connectivity index (χ4v) is 5.20. The molecule has 0 bridgehead atoms. The standard InChI is InChI=1S/C27H29N5O3/c1-28-27(35)29(2)31-18-25(33)32-23(15-19-9-4-3-5-10-19)26(34)30(17-24(31)32)16-21-13-8-12-20-11-6-7-14-22(20)21/h3-14,23-24H,15-18H2,1-2H3,(H,28,35)/t23-,24+/m0/s1. The number of benzene rings is 3. The highest BCUT2D eigenvalue weighted by molar-refractivity contribution is 5.92. The lowest BCUT2D eigenvalue weighted by molar-refractivity contribution is -0.157. The number of hydrogen-bond donors (Lipinski definition) is 1. The van der Waals surface area contributed by atoms with Crippen molar-refractivity contribution in [1.29, 1.82) is 0 Å². The summed E-state index contributed by atoms with van der Waals surface area (Å²) in [6, 6.07) is 23.0. The van der Waals surface area contributed by atoms with E-state index < -0.39 is 12.2 Å². The minimum atomic E-state index is -0.637. The van der Waals surface area contributed by atoms with E-state index in [4.69, 9.17) is 0 Å². The van der Waals surface area contributed by atoms with Crippen LogP contribution in [0.3, 0.4) is 0 Å². The molecule has 8 heteroatoms. The first-order valence-corrected chi connectivity index (χ1v) is 11.8. The highest BCUT2D eigenvalue weighted by atomic mass is 16.2. The number of piperazine rings is 1. The molecular weight excluding hydrogens is 442 g/mol. The molecule has 2 saturated heterocycles. The van der Waals surface area contributed by atoms with Gasteiger partial charge in [-0.2, -0.15) is 5.01 Å². The largest absolute Gasteiger partial charge is 0.340 e. The SMILES string of the molecule is CNC(=O)N(C)N1CC(=O)N2[C@@H](Cc3ccccc3)C(=O)N(Cc3cccc4ccccc34)C[C@@H]21. The molecule has 2 aliphatic heterocycles. The third-order valence-electron chi connectivity index (χ3n) is 6.97. The van der Waals surface area contributed by atoms with Crippen LogP contribution >= 0.6 is 0 Å². The molecular formula is C27H29N5O3. The third-order valence-corrected chi connectivity index (χ3v) is 6.97. The Bertz CT molecular complexity index is 1260. The van der Waals surface area contributed by atoms with Crippen LogP contribution in [0.1, 0.15) is 11.1 Å². The summed E-state index contributed by atoms with van der Waals surface area (Å²) in [5.41, 5.74) is 2.04. The van der Waals surface area contributed by atoms with Gasteiger partial charge < -0.3 is 15.1 Å². The van der Waals surface area contributed by atoms with Crippen molar-refractivity contribution in [2.75, 3.05) is 27.2 Å². The van der Waals surface area contributed by atoms with E-state index in [9.17, 15) is 14.4 Å². The average molecular weight is 472 g/mol. The van der Waals surface area contributed by atoms with Gasteiger partial charge in [-0.1, -0.05) is 72.8 Å². The van der Waals surface area contributed by atoms with E-state index in [-0.39, 0.29) is 24.4 Å². The van der Waals surface area contributed by atoms with Crippen LogP contribution in [0.5, 0.6) is 0 Å². The molecule has 0 aromatic heterocycles. The summed E-state index contributed by atoms with van der Waals surface area (Å²) < 4.78 is 0. The topological polar surface area (TPSA) is 76.2 Å². The van der Waals surface area contributed by atoms with Crippen LogP contribution < -0.4 is 5.32 Å². The molecule has 2 aliphatic rings. The second kappa shape index (κ2) is 9.38. The number of nitrogens with one attached hydrogen (secondary N) is 1. The number of carbonyl (C=O) groups is 3. The zero-order valence-electron chi connectivity index (χ0n) is 19.9. The molecule has 0 unspecified atom stereocenters. The highest BCUT2D eigenvalue weighted by Gasteiger charge is 2.51. The Morgan fingerprint density at radius 3 is 2.49 bits per heavy atom. The third kappa shape index (κ3) is 4.21. The Labute approximate surface area is 204 Å². The first-order chi connectivity index (χ1) is 17.0. The highest BCUT2D eigenvalue weighted by Crippen LogP contribution is 2.30. The summed E-state index contributed by atoms with van der Waals surface area (Å²) in [5, 5.41) is 8.03. The van der Waals surface area contributed by atoms with Gasteiger partial charge in [-0.3, -0.25) is 14.6 Å². The maximum Gasteiger partial charge on any atom is 0.331 e. The van der Waals surface area contributed by atoms with E-state index in [0.29, 0.717) is 19.5 Å². The molecule has 180 valence electrons. The molecule has 2 atom stereocenters. The molecule has 0 aliphatic carbocycles. The van der Waals surface area contributed by atoms with Gasteiger partial charge in [-0.25, -0.2) is 4.79 Å². The van der Waals surface area contributed by atoms with E-state index in [2.05, 4.69) is 23.5 Å². The molecule has 2 fully saturated rings.